The third-order valence-electron chi connectivity index (χ3n) is 9.48. The monoisotopic (exact) mass is 1800 g/mol. The Morgan fingerprint density at radius 1 is 0.326 bits per heavy atom. The predicted octanol–water partition coefficient (Wildman–Crippen LogP) is -14.5. The molecule has 0 aliphatic heterocycles. The highest BCUT2D eigenvalue weighted by Gasteiger charge is 2.60. The van der Waals surface area contributed by atoms with Crippen LogP contribution in [-0.4, -0.2) is 300 Å². The highest BCUT2D eigenvalue weighted by Crippen LogP contribution is 2.20. The summed E-state index contributed by atoms with van der Waals surface area (Å²) in [5, 5.41) is 0. The summed E-state index contributed by atoms with van der Waals surface area (Å²) in [6, 6.07) is 0.299. The van der Waals surface area contributed by atoms with Gasteiger partial charge in [-0.25, -0.2) is 4.79 Å². The Morgan fingerprint density at radius 3 is 0.674 bits per heavy atom. The molecule has 0 spiro atoms. The lowest BCUT2D eigenvalue weighted by atomic mass is 10.4. The molecule has 0 amide bonds. The normalized spacial score (nSPS) is 10.4. The fraction of sp³-hybridized carbons (Fsp3) is 0.727. The van der Waals surface area contributed by atoms with Gasteiger partial charge in [0.15, 0.2) is 8.32 Å². The number of rotatable bonds is 42. The molecule has 0 aliphatic carbocycles. The highest BCUT2D eigenvalue weighted by molar-refractivity contribution is 7.85. The van der Waals surface area contributed by atoms with Gasteiger partial charge in [0.25, 0.3) is 0 Å². The van der Waals surface area contributed by atoms with Gasteiger partial charge >= 0.3 is 277 Å². The van der Waals surface area contributed by atoms with Crippen LogP contribution in [0.5, 0.6) is 0 Å². The molecule has 0 aromatic carbocycles. The average molecular weight is 1800 g/mol. The Hall–Kier alpha value is 0.195. The van der Waals surface area contributed by atoms with Crippen LogP contribution in [0.25, 0.3) is 0 Å². The van der Waals surface area contributed by atoms with Crippen LogP contribution in [0.2, 0.25) is 32.2 Å². The van der Waals surface area contributed by atoms with E-state index in [-0.39, 0.29) is 18.6 Å². The molecule has 0 saturated heterocycles. The van der Waals surface area contributed by atoms with Gasteiger partial charge in [-0.1, -0.05) is 6.58 Å². The van der Waals surface area contributed by atoms with E-state index in [1.54, 1.807) is 13.1 Å². The Kier molecular flexibility index (Phi) is 38.0. The molecule has 443 valence electrons. The summed E-state index contributed by atoms with van der Waals surface area (Å²) in [5.74, 6) is -0.663. The first-order valence-corrected chi connectivity index (χ1v) is 111. The second-order valence-corrected chi connectivity index (χ2v) is 195. The number of ether oxygens (including phenoxy) is 1. The molecule has 0 unspecified atom stereocenters. The molecule has 0 atom stereocenters. The van der Waals surface area contributed by atoms with E-state index < -0.39 is 293 Å². The standard InChI is InChI=1S/C11H23O38Si37/c1-10(2)11(12)48-8-7-9-85(3,4)49-86(5,6)84(47)83(46)82(45)81(44)80(43)79(42)78(41)77(40)76(39)75(38)74(37)73(36)72(35)71(34)70(33)69(32)68(31)67(30)66(29)65(28)64(27)63(26)62(25)61(24)60(23)59(22)58(21)57(20)56(19)55(18)54(17)53(16)52(15)51(14)50-13/h1,7-9H2,2-6H3. The van der Waals surface area contributed by atoms with Crippen LogP contribution in [0, 0.1) is 0 Å². The summed E-state index contributed by atoms with van der Waals surface area (Å²) in [7, 11) is -162. The van der Waals surface area contributed by atoms with Crippen LogP contribution in [-0.2, 0) is 170 Å². The molecule has 0 N–H and O–H groups in total. The zero-order valence-electron chi connectivity index (χ0n) is 42.8. The molecular weight excluding hydrogens is 1780 g/mol. The third-order valence-corrected chi connectivity index (χ3v) is 291. The number of hydrogen-bond acceptors (Lipinski definition) is 38. The zero-order chi connectivity index (χ0) is 68.0. The molecular formula is C11H23O38Si37. The highest BCUT2D eigenvalue weighted by atomic mass is 30.1. The van der Waals surface area contributed by atoms with Crippen molar-refractivity contribution in [2.24, 2.45) is 0 Å². The summed E-state index contributed by atoms with van der Waals surface area (Å²) in [6.45, 7) is 10.7. The molecule has 1 radical (unpaired) electrons. The van der Waals surface area contributed by atoms with Gasteiger partial charge in [-0.05, 0) is 45.6 Å². The summed E-state index contributed by atoms with van der Waals surface area (Å²) in [5.41, 5.74) is 0.132. The lowest BCUT2D eigenvalue weighted by molar-refractivity contribution is -0.138. The van der Waals surface area contributed by atoms with E-state index in [0.717, 1.165) is 0 Å². The fourth-order valence-corrected chi connectivity index (χ4v) is 425. The molecule has 0 heterocycles. The largest absolute Gasteiger partial charge is 0.462 e. The van der Waals surface area contributed by atoms with Crippen molar-refractivity contribution in [3.05, 3.63) is 12.2 Å². The van der Waals surface area contributed by atoms with Crippen LogP contribution in [0.4, 0.5) is 0 Å². The Labute approximate surface area is 521 Å². The third kappa shape index (κ3) is 23.3. The van der Waals surface area contributed by atoms with Crippen LogP contribution < -0.4 is 0 Å². The second-order valence-electron chi connectivity index (χ2n) is 16.7. The van der Waals surface area contributed by atoms with Crippen LogP contribution in [0.15, 0.2) is 12.2 Å². The van der Waals surface area contributed by atoms with E-state index in [4.69, 9.17) is 8.85 Å². The van der Waals surface area contributed by atoms with E-state index in [0.29, 0.717) is 6.04 Å². The van der Waals surface area contributed by atoms with Gasteiger partial charge in [0.1, 0.15) is 0 Å². The number of hydrogen-bond donors (Lipinski definition) is 0. The second kappa shape index (κ2) is 37.9. The smallest absolute Gasteiger partial charge is 0.381 e. The van der Waals surface area contributed by atoms with Gasteiger partial charge in [0.2, 0.25) is 7.83 Å². The van der Waals surface area contributed by atoms with Gasteiger partial charge in [0, 0.05) is 5.57 Å². The van der Waals surface area contributed by atoms with E-state index in [1.807, 2.05) is 0 Å². The minimum Gasteiger partial charge on any atom is -0.462 e. The first-order valence-electron chi connectivity index (χ1n) is 21.5. The van der Waals surface area contributed by atoms with Crippen LogP contribution >= 0.6 is 0 Å². The topological polar surface area (TPSA) is 633 Å². The van der Waals surface area contributed by atoms with Crippen molar-refractivity contribution in [3.8, 4) is 0 Å². The van der Waals surface area contributed by atoms with Crippen molar-refractivity contribution < 1.29 is 170 Å². The molecule has 38 nitrogen and oxygen atoms in total. The molecule has 0 fully saturated rings. The van der Waals surface area contributed by atoms with Gasteiger partial charge in [-0.2, -0.15) is 0 Å². The van der Waals surface area contributed by atoms with Gasteiger partial charge < -0.3 is 165 Å². The first-order chi connectivity index (χ1) is 39.1. The lowest BCUT2D eigenvalue weighted by Crippen LogP contribution is -2.60. The summed E-state index contributed by atoms with van der Waals surface area (Å²) >= 11 is 0. The molecule has 0 aliphatic rings. The maximum atomic E-state index is 13.4. The zero-order valence-corrected chi connectivity index (χ0v) is 79.8. The number of carbonyl (C=O) groups is 1. The number of esters is 1. The first kappa shape index (κ1) is 86.2. The van der Waals surface area contributed by atoms with E-state index in [2.05, 4.69) is 6.58 Å². The van der Waals surface area contributed by atoms with E-state index >= 15 is 0 Å². The van der Waals surface area contributed by atoms with Gasteiger partial charge in [0.05, 0.1) is 6.61 Å². The van der Waals surface area contributed by atoms with E-state index in [9.17, 15) is 161 Å². The fourth-order valence-electron chi connectivity index (χ4n) is 5.19. The van der Waals surface area contributed by atoms with Crippen molar-refractivity contribution in [1.29, 1.82) is 0 Å². The summed E-state index contributed by atoms with van der Waals surface area (Å²) < 4.78 is 454. The molecule has 0 saturated carbocycles. The molecule has 86 heavy (non-hydrogen) atoms. The Balaban J connectivity index is 5.93. The molecule has 0 bridgehead atoms. The average Bonchev–Trinajstić information content (AvgIpc) is 1.80. The van der Waals surface area contributed by atoms with Crippen molar-refractivity contribution >= 4 is 293 Å². The molecule has 0 aromatic heterocycles. The summed E-state index contributed by atoms with van der Waals surface area (Å²) in [6.07, 6.45) is 0.269. The van der Waals surface area contributed by atoms with Crippen LogP contribution in [0.3, 0.4) is 0 Å². The van der Waals surface area contributed by atoms with Crippen LogP contribution in [0.1, 0.15) is 13.3 Å². The maximum absolute atomic E-state index is 13.4. The Morgan fingerprint density at radius 2 is 0.500 bits per heavy atom. The minimum absolute atomic E-state index is 0.0492. The predicted molar refractivity (Wildman–Crippen MR) is 297 cm³/mol. The van der Waals surface area contributed by atoms with Gasteiger partial charge in [-0.3, -0.25) is 0 Å². The van der Waals surface area contributed by atoms with Crippen molar-refractivity contribution in [2.75, 3.05) is 6.61 Å². The quantitative estimate of drug-likeness (QED) is 0.0237. The molecule has 0 aromatic rings. The Bertz CT molecular complexity index is 3690. The maximum Gasteiger partial charge on any atom is 0.381 e. The van der Waals surface area contributed by atoms with Crippen molar-refractivity contribution in [2.45, 2.75) is 45.6 Å². The molecule has 75 heteroatoms. The SMILES string of the molecule is C=C(C)C(=O)OCCC[Si](C)(C)O[Si](C)(C)[Si](=O)[Si](=O)[Si](=O)[Si](=O)[Si](=O)[Si](=O)[Si](=O)[Si](=O)[Si](=O)[Si](=O)[Si](=O)[Si](=O)[Si](=O)[Si](=O)[Si](=O)[Si](=O)[Si](=O)[Si](=O)[Si](=O)[Si](=O)[Si](=O)[Si](=O)[Si](=O)[Si](=O)[Si](=O)[Si](=O)[Si](=O)[Si](=O)[Si](=O)[Si](=O)[Si](=O)[Si](=O)[Si](=O)[Si](=O)[Si]=O. The van der Waals surface area contributed by atoms with Gasteiger partial charge in [-0.15, -0.1) is 0 Å². The molecule has 0 rings (SSSR count). The lowest BCUT2D eigenvalue weighted by Gasteiger charge is -2.32. The van der Waals surface area contributed by atoms with E-state index in [1.165, 1.54) is 20.0 Å². The van der Waals surface area contributed by atoms with Crippen molar-refractivity contribution in [1.82, 2.24) is 0 Å². The van der Waals surface area contributed by atoms with Crippen molar-refractivity contribution in [3.63, 3.8) is 0 Å². The number of carbonyl (C=O) groups excluding carboxylic acids is 1. The minimum atomic E-state index is -4.81. The summed E-state index contributed by atoms with van der Waals surface area (Å²) in [4.78, 5) is 11.6.